The van der Waals surface area contributed by atoms with E-state index in [4.69, 9.17) is 4.74 Å². The van der Waals surface area contributed by atoms with Gasteiger partial charge in [0.2, 0.25) is 0 Å². The maximum atomic E-state index is 12.8. The average Bonchev–Trinajstić information content (AvgIpc) is 3.11. The number of ether oxygens (including phenoxy) is 1. The van der Waals surface area contributed by atoms with Gasteiger partial charge in [-0.15, -0.1) is 0 Å². The minimum atomic E-state index is -0.199. The first kappa shape index (κ1) is 14.0. The van der Waals surface area contributed by atoms with Crippen molar-refractivity contribution in [2.75, 3.05) is 6.61 Å². The van der Waals surface area contributed by atoms with Gasteiger partial charge in [0.15, 0.2) is 0 Å². The second-order valence-electron chi connectivity index (χ2n) is 5.65. The predicted octanol–water partition coefficient (Wildman–Crippen LogP) is 2.13. The van der Waals surface area contributed by atoms with Crippen LogP contribution in [0.25, 0.3) is 0 Å². The Morgan fingerprint density at radius 1 is 1.00 bits per heavy atom. The number of hydrogen-bond acceptors (Lipinski definition) is 2. The van der Waals surface area contributed by atoms with Crippen LogP contribution in [0, 0.1) is 0 Å². The summed E-state index contributed by atoms with van der Waals surface area (Å²) in [4.78, 5) is 15.0. The molecule has 4 heteroatoms. The Hall–Kier alpha value is -1.61. The number of carbonyl (C=O) groups is 1. The molecular weight excluding hydrogens is 341 g/mol. The first-order valence-corrected chi connectivity index (χ1v) is 9.38. The third-order valence-corrected chi connectivity index (χ3v) is 6.78. The topological polar surface area (TPSA) is 29.5 Å². The summed E-state index contributed by atoms with van der Waals surface area (Å²) in [6.45, 7) is 0.659. The Labute approximate surface area is 136 Å². The van der Waals surface area contributed by atoms with Gasteiger partial charge in [-0.25, -0.2) is 0 Å². The molecule has 0 radical (unpaired) electrons. The number of rotatable bonds is 3. The van der Waals surface area contributed by atoms with Crippen molar-refractivity contribution >= 4 is 25.3 Å². The molecule has 2 aromatic rings. The number of hydrogen-bond donors (Lipinski definition) is 0. The first-order valence-electron chi connectivity index (χ1n) is 7.53. The third-order valence-electron chi connectivity index (χ3n) is 4.21. The fourth-order valence-corrected chi connectivity index (χ4v) is 5.67. The van der Waals surface area contributed by atoms with Crippen LogP contribution in [0.3, 0.4) is 0 Å². The van der Waals surface area contributed by atoms with Crippen LogP contribution in [0.2, 0.25) is 4.82 Å². The van der Waals surface area contributed by atoms with E-state index >= 15 is 0 Å². The Morgan fingerprint density at radius 3 is 2.41 bits per heavy atom. The summed E-state index contributed by atoms with van der Waals surface area (Å²) in [5.41, 5.74) is 1.08. The molecule has 2 aliphatic heterocycles. The number of benzene rings is 2. The summed E-state index contributed by atoms with van der Waals surface area (Å²) in [5, 5.41) is 0. The Balaban J connectivity index is 1.54. The molecule has 0 bridgehead atoms. The van der Waals surface area contributed by atoms with E-state index in [9.17, 15) is 4.79 Å². The van der Waals surface area contributed by atoms with Gasteiger partial charge < -0.3 is 0 Å². The van der Waals surface area contributed by atoms with Gasteiger partial charge >= 0.3 is 136 Å². The molecule has 0 aromatic heterocycles. The van der Waals surface area contributed by atoms with E-state index in [-0.39, 0.29) is 38.0 Å². The van der Waals surface area contributed by atoms with Crippen molar-refractivity contribution in [1.82, 2.24) is 4.90 Å². The van der Waals surface area contributed by atoms with E-state index in [1.54, 1.807) is 0 Å². The summed E-state index contributed by atoms with van der Waals surface area (Å²) < 4.78 is 7.18. The summed E-state index contributed by atoms with van der Waals surface area (Å²) in [5.74, 6) is 0.264. The molecule has 2 fully saturated rings. The van der Waals surface area contributed by atoms with Crippen LogP contribution in [0.5, 0.6) is 0 Å². The standard InChI is InChI=1S/C18H17NO2Se/c20-17-16(22-15-9-5-2-6-10-15)11-14-12-21-18(19(14)17)13-7-3-1-4-8-13/h1-10,14,16,18H,11-12H2/t14-,16?,18+/m0/s1. The van der Waals surface area contributed by atoms with Gasteiger partial charge in [-0.1, -0.05) is 0 Å². The zero-order valence-electron chi connectivity index (χ0n) is 12.1. The van der Waals surface area contributed by atoms with Gasteiger partial charge in [0.25, 0.3) is 0 Å². The van der Waals surface area contributed by atoms with Crippen molar-refractivity contribution in [3.05, 3.63) is 66.2 Å². The van der Waals surface area contributed by atoms with Crippen LogP contribution < -0.4 is 4.46 Å². The van der Waals surface area contributed by atoms with Crippen molar-refractivity contribution in [2.45, 2.75) is 23.5 Å². The number of fused-ring (bicyclic) bond motifs is 1. The van der Waals surface area contributed by atoms with Crippen LogP contribution in [-0.4, -0.2) is 38.4 Å². The van der Waals surface area contributed by atoms with E-state index < -0.39 is 0 Å². The van der Waals surface area contributed by atoms with Crippen LogP contribution in [-0.2, 0) is 9.53 Å². The SMILES string of the molecule is O=C1C([Se]c2ccccc2)C[C@H]2CO[C@H](c3ccccc3)N12. The molecule has 0 N–H and O–H groups in total. The van der Waals surface area contributed by atoms with E-state index in [0.29, 0.717) is 6.61 Å². The molecule has 2 heterocycles. The molecular formula is C18H17NO2Se. The zero-order valence-corrected chi connectivity index (χ0v) is 13.8. The molecule has 2 aromatic carbocycles. The van der Waals surface area contributed by atoms with Gasteiger partial charge in [-0.2, -0.15) is 0 Å². The van der Waals surface area contributed by atoms with Crippen molar-refractivity contribution < 1.29 is 9.53 Å². The molecule has 0 aliphatic carbocycles. The summed E-state index contributed by atoms with van der Waals surface area (Å²) in [6.07, 6.45) is 0.729. The second-order valence-corrected chi connectivity index (χ2v) is 8.33. The van der Waals surface area contributed by atoms with Crippen molar-refractivity contribution in [2.24, 2.45) is 0 Å². The van der Waals surface area contributed by atoms with E-state index in [2.05, 4.69) is 12.1 Å². The first-order chi connectivity index (χ1) is 10.8. The van der Waals surface area contributed by atoms with Crippen LogP contribution in [0.4, 0.5) is 0 Å². The molecule has 1 unspecified atom stereocenters. The van der Waals surface area contributed by atoms with E-state index in [0.717, 1.165) is 12.0 Å². The van der Waals surface area contributed by atoms with Crippen LogP contribution in [0.15, 0.2) is 60.7 Å². The Kier molecular flexibility index (Phi) is 3.75. The molecule has 2 saturated heterocycles. The second kappa shape index (κ2) is 5.88. The van der Waals surface area contributed by atoms with E-state index in [1.165, 1.54) is 4.46 Å². The molecule has 4 rings (SSSR count). The number of carbonyl (C=O) groups excluding carboxylic acids is 1. The third kappa shape index (κ3) is 2.48. The summed E-state index contributed by atoms with van der Waals surface area (Å²) in [6, 6.07) is 20.7. The summed E-state index contributed by atoms with van der Waals surface area (Å²) >= 11 is 0.198. The van der Waals surface area contributed by atoms with Crippen molar-refractivity contribution in [3.8, 4) is 0 Å². The normalized spacial score (nSPS) is 27.2. The van der Waals surface area contributed by atoms with Gasteiger partial charge in [0, 0.05) is 0 Å². The van der Waals surface area contributed by atoms with Gasteiger partial charge in [-0.05, 0) is 0 Å². The maximum absolute atomic E-state index is 12.8. The van der Waals surface area contributed by atoms with Gasteiger partial charge in [-0.3, -0.25) is 0 Å². The Morgan fingerprint density at radius 2 is 1.68 bits per heavy atom. The summed E-state index contributed by atoms with van der Waals surface area (Å²) in [7, 11) is 0. The number of nitrogens with zero attached hydrogens (tertiary/aromatic N) is 1. The fourth-order valence-electron chi connectivity index (χ4n) is 3.18. The zero-order chi connectivity index (χ0) is 14.9. The molecule has 2 aliphatic rings. The number of amides is 1. The molecule has 112 valence electrons. The van der Waals surface area contributed by atoms with Crippen molar-refractivity contribution in [1.29, 1.82) is 0 Å². The monoisotopic (exact) mass is 359 g/mol. The Bertz CT molecular complexity index is 661. The molecule has 1 amide bonds. The minimum absolute atomic E-state index is 0.148. The van der Waals surface area contributed by atoms with Crippen molar-refractivity contribution in [3.63, 3.8) is 0 Å². The van der Waals surface area contributed by atoms with E-state index in [1.807, 2.05) is 53.4 Å². The molecule has 3 nitrogen and oxygen atoms in total. The fraction of sp³-hybridized carbons (Fsp3) is 0.278. The predicted molar refractivity (Wildman–Crippen MR) is 86.0 cm³/mol. The van der Waals surface area contributed by atoms with Gasteiger partial charge in [0.05, 0.1) is 0 Å². The molecule has 22 heavy (non-hydrogen) atoms. The van der Waals surface area contributed by atoms with Crippen LogP contribution >= 0.6 is 0 Å². The quantitative estimate of drug-likeness (QED) is 0.787. The van der Waals surface area contributed by atoms with Gasteiger partial charge in [0.1, 0.15) is 0 Å². The van der Waals surface area contributed by atoms with Crippen LogP contribution in [0.1, 0.15) is 18.2 Å². The molecule has 0 spiro atoms. The molecule has 3 atom stereocenters. The molecule has 0 saturated carbocycles. The average molecular weight is 358 g/mol.